The van der Waals surface area contributed by atoms with Gasteiger partial charge in [-0.25, -0.2) is 9.37 Å². The molecule has 3 aliphatic rings. The summed E-state index contributed by atoms with van der Waals surface area (Å²) < 4.78 is 13.6. The first-order valence-corrected chi connectivity index (χ1v) is 11.5. The molecule has 31 heavy (non-hydrogen) atoms. The molecule has 2 aliphatic heterocycles. The van der Waals surface area contributed by atoms with Gasteiger partial charge < -0.3 is 14.8 Å². The molecule has 3 heterocycles. The second kappa shape index (κ2) is 8.44. The Labute approximate surface area is 181 Å². The Morgan fingerprint density at radius 2 is 1.94 bits per heavy atom. The Morgan fingerprint density at radius 3 is 2.74 bits per heavy atom. The van der Waals surface area contributed by atoms with Crippen LogP contribution < -0.4 is 0 Å². The van der Waals surface area contributed by atoms with Crippen LogP contribution in [0.5, 0.6) is 0 Å². The number of carbonyl (C=O) groups is 2. The zero-order chi connectivity index (χ0) is 21.4. The van der Waals surface area contributed by atoms with Crippen molar-refractivity contribution in [2.75, 3.05) is 13.1 Å². The van der Waals surface area contributed by atoms with Gasteiger partial charge in [0.25, 0.3) is 0 Å². The van der Waals surface area contributed by atoms with Gasteiger partial charge in [-0.1, -0.05) is 25.0 Å². The third kappa shape index (κ3) is 3.98. The predicted molar refractivity (Wildman–Crippen MR) is 114 cm³/mol. The second-order valence-electron chi connectivity index (χ2n) is 9.12. The fraction of sp³-hybridized carbons (Fsp3) is 0.542. The lowest BCUT2D eigenvalue weighted by molar-refractivity contribution is -0.139. The van der Waals surface area contributed by atoms with Gasteiger partial charge in [0.1, 0.15) is 11.6 Å². The average molecular weight is 425 g/mol. The zero-order valence-corrected chi connectivity index (χ0v) is 17.7. The normalized spacial score (nSPS) is 24.9. The minimum Gasteiger partial charge on any atom is -0.340 e. The van der Waals surface area contributed by atoms with E-state index in [4.69, 9.17) is 0 Å². The predicted octanol–water partition coefficient (Wildman–Crippen LogP) is 4.06. The molecule has 1 saturated carbocycles. The molecule has 2 aromatic rings. The zero-order valence-electron chi connectivity index (χ0n) is 17.7. The van der Waals surface area contributed by atoms with Crippen LogP contribution >= 0.6 is 0 Å². The van der Waals surface area contributed by atoms with E-state index in [0.717, 1.165) is 49.2 Å². The van der Waals surface area contributed by atoms with E-state index in [-0.39, 0.29) is 29.6 Å². The number of nitrogens with zero attached hydrogens (tertiary/aromatic N) is 3. The van der Waals surface area contributed by atoms with Crippen LogP contribution in [0.25, 0.3) is 11.3 Å². The summed E-state index contributed by atoms with van der Waals surface area (Å²) in [4.78, 5) is 37.8. The van der Waals surface area contributed by atoms with Crippen molar-refractivity contribution < 1.29 is 14.0 Å². The number of rotatable bonds is 4. The van der Waals surface area contributed by atoms with E-state index >= 15 is 0 Å². The highest BCUT2D eigenvalue weighted by molar-refractivity contribution is 5.89. The van der Waals surface area contributed by atoms with Crippen molar-refractivity contribution in [2.24, 2.45) is 5.92 Å². The molecule has 2 saturated heterocycles. The Kier molecular flexibility index (Phi) is 5.50. The molecular weight excluding hydrogens is 395 g/mol. The molecule has 1 aromatic carbocycles. The van der Waals surface area contributed by atoms with E-state index in [1.165, 1.54) is 25.0 Å². The molecule has 0 spiro atoms. The number of aromatic amines is 1. The van der Waals surface area contributed by atoms with Crippen LogP contribution in [-0.4, -0.2) is 50.7 Å². The van der Waals surface area contributed by atoms with Crippen LogP contribution in [0.1, 0.15) is 63.2 Å². The van der Waals surface area contributed by atoms with Crippen LogP contribution in [0.15, 0.2) is 30.5 Å². The first-order valence-electron chi connectivity index (χ1n) is 11.5. The van der Waals surface area contributed by atoms with Crippen molar-refractivity contribution in [2.45, 2.75) is 63.5 Å². The summed E-state index contributed by atoms with van der Waals surface area (Å²) in [6, 6.07) is 6.60. The summed E-state index contributed by atoms with van der Waals surface area (Å²) in [7, 11) is 0. The number of aromatic nitrogens is 2. The van der Waals surface area contributed by atoms with Gasteiger partial charge in [-0.3, -0.25) is 9.59 Å². The van der Waals surface area contributed by atoms with Gasteiger partial charge in [0.15, 0.2) is 0 Å². The van der Waals surface area contributed by atoms with Crippen molar-refractivity contribution in [1.29, 1.82) is 0 Å². The molecular formula is C24H29FN4O2. The fourth-order valence-corrected chi connectivity index (χ4v) is 5.49. The number of benzene rings is 1. The maximum Gasteiger partial charge on any atom is 0.228 e. The first-order chi connectivity index (χ1) is 15.1. The number of H-pyrrole nitrogens is 1. The van der Waals surface area contributed by atoms with Crippen LogP contribution in [0, 0.1) is 11.7 Å². The monoisotopic (exact) mass is 424 g/mol. The minimum atomic E-state index is -0.291. The Bertz CT molecular complexity index is 968. The quantitative estimate of drug-likeness (QED) is 0.805. The highest BCUT2D eigenvalue weighted by Gasteiger charge is 2.42. The molecule has 6 nitrogen and oxygen atoms in total. The molecule has 2 unspecified atom stereocenters. The number of likely N-dealkylation sites (tertiary alicyclic amines) is 2. The summed E-state index contributed by atoms with van der Waals surface area (Å²) in [5, 5.41) is 0. The second-order valence-corrected chi connectivity index (χ2v) is 9.12. The number of hydrogen-bond donors (Lipinski definition) is 1. The maximum atomic E-state index is 13.6. The lowest BCUT2D eigenvalue weighted by Crippen LogP contribution is -2.43. The summed E-state index contributed by atoms with van der Waals surface area (Å²) in [5.74, 6) is 0.393. The Hall–Kier alpha value is -2.70. The van der Waals surface area contributed by atoms with Crippen LogP contribution in [0.3, 0.4) is 0 Å². The van der Waals surface area contributed by atoms with Gasteiger partial charge in [0, 0.05) is 31.1 Å². The Morgan fingerprint density at radius 1 is 1.13 bits per heavy atom. The number of imidazole rings is 1. The van der Waals surface area contributed by atoms with Crippen molar-refractivity contribution in [1.82, 2.24) is 19.8 Å². The summed E-state index contributed by atoms with van der Waals surface area (Å²) in [5.41, 5.74) is 1.48. The average Bonchev–Trinajstić information content (AvgIpc) is 3.54. The van der Waals surface area contributed by atoms with Gasteiger partial charge >= 0.3 is 0 Å². The molecule has 1 aliphatic carbocycles. The number of piperidine rings is 1. The largest absolute Gasteiger partial charge is 0.340 e. The highest BCUT2D eigenvalue weighted by atomic mass is 19.1. The lowest BCUT2D eigenvalue weighted by atomic mass is 9.98. The van der Waals surface area contributed by atoms with Crippen LogP contribution in [0.4, 0.5) is 4.39 Å². The molecule has 2 atom stereocenters. The molecule has 3 fully saturated rings. The van der Waals surface area contributed by atoms with E-state index < -0.39 is 0 Å². The molecule has 7 heteroatoms. The molecule has 1 N–H and O–H groups in total. The van der Waals surface area contributed by atoms with Crippen molar-refractivity contribution in [3.8, 4) is 11.3 Å². The van der Waals surface area contributed by atoms with Crippen molar-refractivity contribution in [3.63, 3.8) is 0 Å². The first kappa shape index (κ1) is 20.2. The van der Waals surface area contributed by atoms with Crippen molar-refractivity contribution in [3.05, 3.63) is 42.1 Å². The summed E-state index contributed by atoms with van der Waals surface area (Å²) >= 11 is 0. The van der Waals surface area contributed by atoms with Crippen LogP contribution in [-0.2, 0) is 9.59 Å². The third-order valence-electron chi connectivity index (χ3n) is 7.11. The summed E-state index contributed by atoms with van der Waals surface area (Å²) in [6.45, 7) is 1.24. The number of nitrogens with one attached hydrogen (secondary N) is 1. The number of halogens is 1. The highest BCUT2D eigenvalue weighted by Crippen LogP contribution is 2.35. The molecule has 1 aromatic heterocycles. The van der Waals surface area contributed by atoms with E-state index in [2.05, 4.69) is 9.97 Å². The van der Waals surface area contributed by atoms with Crippen molar-refractivity contribution >= 4 is 11.8 Å². The summed E-state index contributed by atoms with van der Waals surface area (Å²) in [6.07, 6.45) is 9.35. The van der Waals surface area contributed by atoms with E-state index in [9.17, 15) is 14.0 Å². The van der Waals surface area contributed by atoms with Gasteiger partial charge in [0.2, 0.25) is 11.8 Å². The Balaban J connectivity index is 1.33. The SMILES string of the molecule is O=C1CC(C(=O)N2CCCCC2c2ncc(-c3cccc(F)c3)[nH]2)CN1C1CCCC1. The van der Waals surface area contributed by atoms with E-state index in [1.54, 1.807) is 12.3 Å². The third-order valence-corrected chi connectivity index (χ3v) is 7.11. The molecule has 5 rings (SSSR count). The number of hydrogen-bond acceptors (Lipinski definition) is 3. The van der Waals surface area contributed by atoms with Gasteiger partial charge in [-0.15, -0.1) is 0 Å². The van der Waals surface area contributed by atoms with Crippen LogP contribution in [0.2, 0.25) is 0 Å². The van der Waals surface area contributed by atoms with Gasteiger partial charge in [-0.2, -0.15) is 0 Å². The lowest BCUT2D eigenvalue weighted by Gasteiger charge is -2.36. The topological polar surface area (TPSA) is 69.3 Å². The molecule has 0 bridgehead atoms. The van der Waals surface area contributed by atoms with E-state index in [0.29, 0.717) is 25.6 Å². The molecule has 164 valence electrons. The molecule has 0 radical (unpaired) electrons. The fourth-order valence-electron chi connectivity index (χ4n) is 5.49. The maximum absolute atomic E-state index is 13.6. The minimum absolute atomic E-state index is 0.0715. The number of amides is 2. The van der Waals surface area contributed by atoms with E-state index in [1.807, 2.05) is 15.9 Å². The van der Waals surface area contributed by atoms with Gasteiger partial charge in [0.05, 0.1) is 23.9 Å². The number of carbonyl (C=O) groups excluding carboxylic acids is 2. The standard InChI is InChI=1S/C24H29FN4O2/c25-18-7-5-6-16(12-18)20-14-26-23(27-20)21-10-3-4-11-28(21)24(31)17-13-22(30)29(15-17)19-8-1-2-9-19/h5-7,12,14,17,19,21H,1-4,8-11,13,15H2,(H,26,27). The smallest absolute Gasteiger partial charge is 0.228 e. The molecule has 2 amide bonds. The van der Waals surface area contributed by atoms with Gasteiger partial charge in [-0.05, 0) is 44.2 Å².